The second-order valence-corrected chi connectivity index (χ2v) is 16.6. The lowest BCUT2D eigenvalue weighted by Gasteiger charge is -2.28. The fourth-order valence-electron chi connectivity index (χ4n) is 9.95. The molecule has 1 nitrogen and oxygen atoms in total. The van der Waals surface area contributed by atoms with Crippen LogP contribution < -0.4 is 4.90 Å². The number of hydrogen-bond donors (Lipinski definition) is 0. The Morgan fingerprint density at radius 3 is 1.40 bits per heavy atom. The summed E-state index contributed by atoms with van der Waals surface area (Å²) in [6.07, 6.45) is 0. The molecule has 9 aromatic rings. The maximum Gasteiger partial charge on any atom is 0.0468 e. The van der Waals surface area contributed by atoms with Gasteiger partial charge >= 0.3 is 0 Å². The topological polar surface area (TPSA) is 3.24 Å². The van der Waals surface area contributed by atoms with Gasteiger partial charge in [0.05, 0.1) is 0 Å². The second-order valence-electron chi connectivity index (χ2n) is 16.6. The van der Waals surface area contributed by atoms with Crippen molar-refractivity contribution in [1.82, 2.24) is 0 Å². The van der Waals surface area contributed by atoms with E-state index in [0.717, 1.165) is 17.1 Å². The van der Waals surface area contributed by atoms with Crippen LogP contribution in [-0.4, -0.2) is 0 Å². The fraction of sp³-hybridized carbons (Fsp3) is 0.111. The van der Waals surface area contributed by atoms with Crippen LogP contribution in [0.15, 0.2) is 176 Å². The summed E-state index contributed by atoms with van der Waals surface area (Å²) >= 11 is 0. The van der Waals surface area contributed by atoms with Crippen LogP contribution in [-0.2, 0) is 10.8 Å². The molecule has 0 N–H and O–H groups in total. The average Bonchev–Trinajstić information content (AvgIpc) is 3.59. The van der Waals surface area contributed by atoms with Crippen LogP contribution in [0.25, 0.3) is 65.7 Å². The lowest BCUT2D eigenvalue weighted by atomic mass is 9.82. The van der Waals surface area contributed by atoms with E-state index in [-0.39, 0.29) is 10.8 Å². The van der Waals surface area contributed by atoms with Crippen molar-refractivity contribution in [3.63, 3.8) is 0 Å². The standard InChI is InChI=1S/C54H41N/c1-53(2)48-15-9-7-13-43(48)46-32-40(27-29-50(46)53)55(41-28-30-51-47(33-41)44-14-8-10-16-49(44)54(51,3)4)39-25-23-34(24-26-39)38-22-19-36-18-21-37-20-17-35-11-5-6-12-42(35)52(37)45(36)31-38/h5-33H,1-4H3. The molecule has 0 bridgehead atoms. The van der Waals surface area contributed by atoms with Gasteiger partial charge in [0, 0.05) is 27.9 Å². The zero-order valence-electron chi connectivity index (χ0n) is 31.7. The summed E-state index contributed by atoms with van der Waals surface area (Å²) in [5.74, 6) is 0. The molecule has 0 spiro atoms. The summed E-state index contributed by atoms with van der Waals surface area (Å²) < 4.78 is 0. The minimum Gasteiger partial charge on any atom is -0.310 e. The van der Waals surface area contributed by atoms with Gasteiger partial charge in [0.15, 0.2) is 0 Å². The summed E-state index contributed by atoms with van der Waals surface area (Å²) in [5, 5.41) is 7.72. The Morgan fingerprint density at radius 1 is 0.327 bits per heavy atom. The monoisotopic (exact) mass is 703 g/mol. The third kappa shape index (κ3) is 4.66. The van der Waals surface area contributed by atoms with Crippen molar-refractivity contribution in [1.29, 1.82) is 0 Å². The Hall–Kier alpha value is -6.44. The molecule has 0 aliphatic heterocycles. The molecule has 0 unspecified atom stereocenters. The molecule has 0 amide bonds. The molecule has 11 rings (SSSR count). The third-order valence-corrected chi connectivity index (χ3v) is 12.8. The molecule has 262 valence electrons. The van der Waals surface area contributed by atoms with Gasteiger partial charge in [-0.25, -0.2) is 0 Å². The van der Waals surface area contributed by atoms with E-state index in [9.17, 15) is 0 Å². The van der Waals surface area contributed by atoms with Gasteiger partial charge in [-0.05, 0) is 130 Å². The van der Waals surface area contributed by atoms with Crippen molar-refractivity contribution in [3.05, 3.63) is 198 Å². The Balaban J connectivity index is 1.07. The average molecular weight is 704 g/mol. The molecule has 0 saturated carbocycles. The Kier molecular flexibility index (Phi) is 6.72. The second kappa shape index (κ2) is 11.5. The molecule has 0 saturated heterocycles. The maximum absolute atomic E-state index is 2.45. The molecule has 2 aliphatic rings. The molecule has 0 fully saturated rings. The van der Waals surface area contributed by atoms with Gasteiger partial charge in [-0.1, -0.05) is 161 Å². The van der Waals surface area contributed by atoms with Crippen molar-refractivity contribution in [2.24, 2.45) is 0 Å². The van der Waals surface area contributed by atoms with Crippen molar-refractivity contribution < 1.29 is 0 Å². The molecular formula is C54H41N. The van der Waals surface area contributed by atoms with Crippen LogP contribution in [0.2, 0.25) is 0 Å². The lowest BCUT2D eigenvalue weighted by molar-refractivity contribution is 0.660. The molecule has 1 heteroatoms. The molecular weight excluding hydrogens is 663 g/mol. The number of fused-ring (bicyclic) bond motifs is 11. The van der Waals surface area contributed by atoms with Gasteiger partial charge in [0.1, 0.15) is 0 Å². The van der Waals surface area contributed by atoms with E-state index in [2.05, 4.69) is 209 Å². The first-order chi connectivity index (χ1) is 26.8. The number of rotatable bonds is 4. The largest absolute Gasteiger partial charge is 0.310 e. The zero-order valence-corrected chi connectivity index (χ0v) is 31.7. The molecule has 9 aromatic carbocycles. The minimum atomic E-state index is -0.0444. The first-order valence-corrected chi connectivity index (χ1v) is 19.5. The van der Waals surface area contributed by atoms with E-state index < -0.39 is 0 Å². The predicted octanol–water partition coefficient (Wildman–Crippen LogP) is 14.9. The number of hydrogen-bond acceptors (Lipinski definition) is 1. The summed E-state index contributed by atoms with van der Waals surface area (Å²) in [7, 11) is 0. The highest BCUT2D eigenvalue weighted by Gasteiger charge is 2.37. The first-order valence-electron chi connectivity index (χ1n) is 19.5. The summed E-state index contributed by atoms with van der Waals surface area (Å²) in [5.41, 5.74) is 16.7. The molecule has 0 heterocycles. The maximum atomic E-state index is 2.45. The van der Waals surface area contributed by atoms with Gasteiger partial charge in [-0.15, -0.1) is 0 Å². The van der Waals surface area contributed by atoms with Crippen LogP contribution >= 0.6 is 0 Å². The van der Waals surface area contributed by atoms with Crippen molar-refractivity contribution in [3.8, 4) is 33.4 Å². The third-order valence-electron chi connectivity index (χ3n) is 12.8. The van der Waals surface area contributed by atoms with Crippen LogP contribution in [0.1, 0.15) is 49.9 Å². The van der Waals surface area contributed by atoms with E-state index >= 15 is 0 Å². The van der Waals surface area contributed by atoms with E-state index in [1.165, 1.54) is 88.0 Å². The van der Waals surface area contributed by atoms with E-state index in [0.29, 0.717) is 0 Å². The molecule has 2 aliphatic carbocycles. The van der Waals surface area contributed by atoms with Crippen molar-refractivity contribution >= 4 is 49.4 Å². The van der Waals surface area contributed by atoms with Crippen molar-refractivity contribution in [2.75, 3.05) is 4.90 Å². The zero-order chi connectivity index (χ0) is 37.1. The van der Waals surface area contributed by atoms with Crippen LogP contribution in [0.5, 0.6) is 0 Å². The normalized spacial score (nSPS) is 14.5. The van der Waals surface area contributed by atoms with Gasteiger partial charge < -0.3 is 4.90 Å². The van der Waals surface area contributed by atoms with Gasteiger partial charge in [0.2, 0.25) is 0 Å². The van der Waals surface area contributed by atoms with Gasteiger partial charge in [-0.3, -0.25) is 0 Å². The first kappa shape index (κ1) is 32.0. The van der Waals surface area contributed by atoms with Gasteiger partial charge in [0.25, 0.3) is 0 Å². The highest BCUT2D eigenvalue weighted by atomic mass is 15.1. The SMILES string of the molecule is CC1(C)c2ccccc2-c2cc(N(c3ccc(-c4ccc5ccc6ccc7ccccc7c6c5c4)cc3)c3ccc4c(c3)-c3ccccc3C4(C)C)ccc21. The van der Waals surface area contributed by atoms with E-state index in [4.69, 9.17) is 0 Å². The highest BCUT2D eigenvalue weighted by Crippen LogP contribution is 2.53. The van der Waals surface area contributed by atoms with E-state index in [1.54, 1.807) is 0 Å². The molecule has 55 heavy (non-hydrogen) atoms. The molecule has 0 atom stereocenters. The number of anilines is 3. The highest BCUT2D eigenvalue weighted by molar-refractivity contribution is 6.20. The Labute approximate surface area is 323 Å². The Bertz CT molecular complexity index is 2920. The molecule has 0 aromatic heterocycles. The number of nitrogens with zero attached hydrogens (tertiary/aromatic N) is 1. The predicted molar refractivity (Wildman–Crippen MR) is 234 cm³/mol. The lowest BCUT2D eigenvalue weighted by Crippen LogP contribution is -2.16. The van der Waals surface area contributed by atoms with Crippen LogP contribution in [0.3, 0.4) is 0 Å². The van der Waals surface area contributed by atoms with Crippen LogP contribution in [0, 0.1) is 0 Å². The summed E-state index contributed by atoms with van der Waals surface area (Å²) in [6.45, 7) is 9.41. The summed E-state index contributed by atoms with van der Waals surface area (Å²) in [4.78, 5) is 2.45. The van der Waals surface area contributed by atoms with Crippen LogP contribution in [0.4, 0.5) is 17.1 Å². The van der Waals surface area contributed by atoms with Crippen molar-refractivity contribution in [2.45, 2.75) is 38.5 Å². The van der Waals surface area contributed by atoms with E-state index in [1.807, 2.05) is 0 Å². The van der Waals surface area contributed by atoms with Gasteiger partial charge in [-0.2, -0.15) is 0 Å². The quantitative estimate of drug-likeness (QED) is 0.165. The Morgan fingerprint density at radius 2 is 0.782 bits per heavy atom. The smallest absolute Gasteiger partial charge is 0.0468 e. The fourth-order valence-corrected chi connectivity index (χ4v) is 9.95. The minimum absolute atomic E-state index is 0.0444. The summed E-state index contributed by atoms with van der Waals surface area (Å²) in [6, 6.07) is 65.9. The number of benzene rings is 9. The molecule has 0 radical (unpaired) electrons.